The normalized spacial score (nSPS) is 15.1. The number of fused-ring (bicyclic) bond motifs is 1. The largest absolute Gasteiger partial charge is 0.466 e. The van der Waals surface area contributed by atoms with Crippen molar-refractivity contribution in [2.45, 2.75) is 58.8 Å². The van der Waals surface area contributed by atoms with Gasteiger partial charge in [0.05, 0.1) is 30.3 Å². The van der Waals surface area contributed by atoms with Gasteiger partial charge in [0, 0.05) is 38.5 Å². The lowest BCUT2D eigenvalue weighted by molar-refractivity contribution is -0.145. The molecule has 0 aliphatic carbocycles. The van der Waals surface area contributed by atoms with Gasteiger partial charge in [-0.2, -0.15) is 5.10 Å². The van der Waals surface area contributed by atoms with Crippen molar-refractivity contribution in [1.82, 2.24) is 24.6 Å². The highest BCUT2D eigenvalue weighted by Crippen LogP contribution is 2.29. The fraction of sp³-hybridized carbons (Fsp3) is 0.519. The molecule has 0 saturated carbocycles. The Morgan fingerprint density at radius 1 is 1.03 bits per heavy atom. The standard InChI is InChI=1S/C27H36N6O3/c1-4-10-20(3)25-29-26(22-19-28-33(27(22)30-25)21-11-7-6-8-12-21)32-16-9-15-31(17-18-32)23(34)13-14-24(35)36-5-2/h6-8,11-12,19-20H,4-5,9-10,13-18H2,1-3H3. The lowest BCUT2D eigenvalue weighted by Crippen LogP contribution is -2.35. The van der Waals surface area contributed by atoms with Gasteiger partial charge in [-0.15, -0.1) is 0 Å². The Kier molecular flexibility index (Phi) is 8.51. The minimum Gasteiger partial charge on any atom is -0.466 e. The maximum Gasteiger partial charge on any atom is 0.306 e. The van der Waals surface area contributed by atoms with Crippen LogP contribution in [0.4, 0.5) is 5.82 Å². The number of benzene rings is 1. The second kappa shape index (κ2) is 12.0. The van der Waals surface area contributed by atoms with Crippen molar-refractivity contribution in [3.05, 3.63) is 42.4 Å². The van der Waals surface area contributed by atoms with E-state index in [0.717, 1.165) is 54.2 Å². The van der Waals surface area contributed by atoms with E-state index in [4.69, 9.17) is 14.7 Å². The van der Waals surface area contributed by atoms with Gasteiger partial charge in [-0.1, -0.05) is 38.5 Å². The van der Waals surface area contributed by atoms with Crippen LogP contribution in [-0.2, 0) is 14.3 Å². The predicted molar refractivity (Wildman–Crippen MR) is 139 cm³/mol. The molecular weight excluding hydrogens is 456 g/mol. The Hall–Kier alpha value is -3.49. The summed E-state index contributed by atoms with van der Waals surface area (Å²) in [5.74, 6) is 1.59. The highest BCUT2D eigenvalue weighted by molar-refractivity contribution is 5.88. The van der Waals surface area contributed by atoms with E-state index in [2.05, 4.69) is 23.8 Å². The molecule has 1 saturated heterocycles. The summed E-state index contributed by atoms with van der Waals surface area (Å²) >= 11 is 0. The van der Waals surface area contributed by atoms with Crippen LogP contribution in [0.25, 0.3) is 16.7 Å². The zero-order valence-electron chi connectivity index (χ0n) is 21.5. The summed E-state index contributed by atoms with van der Waals surface area (Å²) in [5.41, 5.74) is 1.76. The van der Waals surface area contributed by atoms with Crippen molar-refractivity contribution in [2.24, 2.45) is 0 Å². The van der Waals surface area contributed by atoms with Crippen LogP contribution >= 0.6 is 0 Å². The van der Waals surface area contributed by atoms with Crippen LogP contribution in [0, 0.1) is 0 Å². The molecule has 9 nitrogen and oxygen atoms in total. The summed E-state index contributed by atoms with van der Waals surface area (Å²) in [4.78, 5) is 38.5. The number of rotatable bonds is 9. The van der Waals surface area contributed by atoms with Gasteiger partial charge in [0.2, 0.25) is 5.91 Å². The Morgan fingerprint density at radius 3 is 2.58 bits per heavy atom. The Balaban J connectivity index is 1.59. The number of carbonyl (C=O) groups is 2. The highest BCUT2D eigenvalue weighted by Gasteiger charge is 2.25. The van der Waals surface area contributed by atoms with Crippen molar-refractivity contribution in [3.63, 3.8) is 0 Å². The number of esters is 1. The summed E-state index contributed by atoms with van der Waals surface area (Å²) in [6.45, 7) is 9.14. The molecule has 0 bridgehead atoms. The SMILES string of the molecule is CCCC(C)c1nc(N2CCCN(C(=O)CCC(=O)OCC)CC2)c2cnn(-c3ccccc3)c2n1. The first-order valence-electron chi connectivity index (χ1n) is 13.0. The number of para-hydroxylation sites is 1. The number of hydrogen-bond donors (Lipinski definition) is 0. The fourth-order valence-electron chi connectivity index (χ4n) is 4.67. The second-order valence-electron chi connectivity index (χ2n) is 9.25. The van der Waals surface area contributed by atoms with Crippen molar-refractivity contribution < 1.29 is 14.3 Å². The summed E-state index contributed by atoms with van der Waals surface area (Å²) in [7, 11) is 0. The minimum atomic E-state index is -0.324. The number of hydrogen-bond acceptors (Lipinski definition) is 7. The molecule has 9 heteroatoms. The summed E-state index contributed by atoms with van der Waals surface area (Å²) in [6.07, 6.45) is 5.04. The van der Waals surface area contributed by atoms with Crippen molar-refractivity contribution >= 4 is 28.7 Å². The monoisotopic (exact) mass is 492 g/mol. The Morgan fingerprint density at radius 2 is 1.83 bits per heavy atom. The van der Waals surface area contributed by atoms with Crippen LogP contribution in [0.15, 0.2) is 36.5 Å². The van der Waals surface area contributed by atoms with E-state index >= 15 is 0 Å². The van der Waals surface area contributed by atoms with E-state index in [1.54, 1.807) is 6.92 Å². The Labute approximate surface area is 212 Å². The van der Waals surface area contributed by atoms with Gasteiger partial charge in [-0.25, -0.2) is 14.6 Å². The van der Waals surface area contributed by atoms with E-state index in [0.29, 0.717) is 26.2 Å². The van der Waals surface area contributed by atoms with Gasteiger partial charge < -0.3 is 14.5 Å². The quantitative estimate of drug-likeness (QED) is 0.415. The predicted octanol–water partition coefficient (Wildman–Crippen LogP) is 4.10. The van der Waals surface area contributed by atoms with Crippen molar-refractivity contribution in [3.8, 4) is 5.69 Å². The zero-order chi connectivity index (χ0) is 25.5. The molecule has 1 aromatic carbocycles. The summed E-state index contributed by atoms with van der Waals surface area (Å²) < 4.78 is 6.84. The fourth-order valence-corrected chi connectivity index (χ4v) is 4.67. The molecule has 1 aliphatic heterocycles. The van der Waals surface area contributed by atoms with E-state index in [1.807, 2.05) is 46.1 Å². The van der Waals surface area contributed by atoms with Gasteiger partial charge in [0.25, 0.3) is 0 Å². The number of nitrogens with zero attached hydrogens (tertiary/aromatic N) is 6. The number of carbonyl (C=O) groups excluding carboxylic acids is 2. The Bertz CT molecular complexity index is 1180. The molecule has 1 fully saturated rings. The van der Waals surface area contributed by atoms with Crippen LogP contribution in [0.5, 0.6) is 0 Å². The van der Waals surface area contributed by atoms with Gasteiger partial charge in [0.1, 0.15) is 11.6 Å². The highest BCUT2D eigenvalue weighted by atomic mass is 16.5. The first kappa shape index (κ1) is 25.6. The first-order valence-corrected chi connectivity index (χ1v) is 13.0. The van der Waals surface area contributed by atoms with Crippen molar-refractivity contribution in [1.29, 1.82) is 0 Å². The first-order chi connectivity index (χ1) is 17.5. The van der Waals surface area contributed by atoms with Gasteiger partial charge in [-0.3, -0.25) is 9.59 Å². The van der Waals surface area contributed by atoms with E-state index in [9.17, 15) is 9.59 Å². The van der Waals surface area contributed by atoms with Crippen LogP contribution in [0.1, 0.15) is 64.6 Å². The number of amides is 1. The van der Waals surface area contributed by atoms with Crippen LogP contribution in [0.3, 0.4) is 0 Å². The molecule has 0 spiro atoms. The average molecular weight is 493 g/mol. The van der Waals surface area contributed by atoms with Crippen LogP contribution in [0.2, 0.25) is 0 Å². The number of aromatic nitrogens is 4. The maximum atomic E-state index is 12.8. The second-order valence-corrected chi connectivity index (χ2v) is 9.25. The van der Waals surface area contributed by atoms with Gasteiger partial charge in [-0.05, 0) is 31.9 Å². The van der Waals surface area contributed by atoms with E-state index in [1.165, 1.54) is 0 Å². The lowest BCUT2D eigenvalue weighted by Gasteiger charge is -2.24. The van der Waals surface area contributed by atoms with Crippen molar-refractivity contribution in [2.75, 3.05) is 37.7 Å². The topological polar surface area (TPSA) is 93.5 Å². The molecular formula is C27H36N6O3. The molecule has 1 aliphatic rings. The molecule has 1 unspecified atom stereocenters. The van der Waals surface area contributed by atoms with E-state index in [-0.39, 0.29) is 30.6 Å². The van der Waals surface area contributed by atoms with Crippen LogP contribution in [-0.4, -0.2) is 69.3 Å². The molecule has 4 rings (SSSR count). The average Bonchev–Trinajstić information content (AvgIpc) is 3.16. The van der Waals surface area contributed by atoms with Gasteiger partial charge in [0.15, 0.2) is 5.65 Å². The zero-order valence-corrected chi connectivity index (χ0v) is 21.5. The van der Waals surface area contributed by atoms with E-state index < -0.39 is 0 Å². The molecule has 1 atom stereocenters. The molecule has 0 N–H and O–H groups in total. The third-order valence-corrected chi connectivity index (χ3v) is 6.59. The maximum absolute atomic E-state index is 12.8. The molecule has 0 radical (unpaired) electrons. The molecule has 3 heterocycles. The summed E-state index contributed by atoms with van der Waals surface area (Å²) in [5, 5.41) is 5.58. The third kappa shape index (κ3) is 5.83. The molecule has 36 heavy (non-hydrogen) atoms. The molecule has 3 aromatic rings. The minimum absolute atomic E-state index is 0.00751. The smallest absolute Gasteiger partial charge is 0.306 e. The molecule has 2 aromatic heterocycles. The number of ether oxygens (including phenoxy) is 1. The molecule has 192 valence electrons. The van der Waals surface area contributed by atoms with Crippen LogP contribution < -0.4 is 4.90 Å². The summed E-state index contributed by atoms with van der Waals surface area (Å²) in [6, 6.07) is 10.0. The van der Waals surface area contributed by atoms with Gasteiger partial charge >= 0.3 is 5.97 Å². The lowest BCUT2D eigenvalue weighted by atomic mass is 10.1. The third-order valence-electron chi connectivity index (χ3n) is 6.59. The number of anilines is 1. The molecule has 1 amide bonds.